The van der Waals surface area contributed by atoms with E-state index in [-0.39, 0.29) is 0 Å². The molecule has 3 heteroatoms. The maximum Gasteiger partial charge on any atom is 0.159 e. The second-order valence-corrected chi connectivity index (χ2v) is 10.9. The Morgan fingerprint density at radius 1 is 0.372 bits per heavy atom. The highest BCUT2D eigenvalue weighted by Crippen LogP contribution is 2.44. The number of para-hydroxylation sites is 4. The standard InChI is InChI=1S/C40H25NO2/c1-2-11-28(12-3-1)41(36-18-9-17-34-35-25-22-26-10-4-5-13-30(26)39(35)43-40(34)36)29-23-20-27(21-24-29)31-15-8-16-33-32-14-6-7-19-37(32)42-38(31)33/h1-25H. The molecule has 3 nitrogen and oxygen atoms in total. The van der Waals surface area contributed by atoms with Crippen LogP contribution in [0.4, 0.5) is 17.1 Å². The summed E-state index contributed by atoms with van der Waals surface area (Å²) in [6, 6.07) is 53.0. The van der Waals surface area contributed by atoms with E-state index in [9.17, 15) is 0 Å². The molecule has 0 aliphatic rings. The van der Waals surface area contributed by atoms with E-state index in [1.807, 2.05) is 18.2 Å². The van der Waals surface area contributed by atoms with Crippen molar-refractivity contribution in [3.8, 4) is 11.1 Å². The van der Waals surface area contributed by atoms with Gasteiger partial charge in [-0.05, 0) is 53.4 Å². The molecule has 0 unspecified atom stereocenters. The third-order valence-electron chi connectivity index (χ3n) is 8.46. The molecule has 9 rings (SSSR count). The van der Waals surface area contributed by atoms with E-state index in [1.54, 1.807) is 0 Å². The Labute approximate surface area is 247 Å². The fourth-order valence-corrected chi connectivity index (χ4v) is 6.46. The Kier molecular flexibility index (Phi) is 5.20. The second-order valence-electron chi connectivity index (χ2n) is 10.9. The number of nitrogens with zero attached hydrogens (tertiary/aromatic N) is 1. The van der Waals surface area contributed by atoms with Gasteiger partial charge in [0.1, 0.15) is 16.7 Å². The van der Waals surface area contributed by atoms with Gasteiger partial charge in [-0.3, -0.25) is 0 Å². The topological polar surface area (TPSA) is 29.5 Å². The van der Waals surface area contributed by atoms with Crippen molar-refractivity contribution >= 4 is 71.7 Å². The first-order valence-corrected chi connectivity index (χ1v) is 14.5. The van der Waals surface area contributed by atoms with Gasteiger partial charge in [0, 0.05) is 43.9 Å². The van der Waals surface area contributed by atoms with Crippen molar-refractivity contribution in [3.63, 3.8) is 0 Å². The fourth-order valence-electron chi connectivity index (χ4n) is 6.46. The average molecular weight is 552 g/mol. The summed E-state index contributed by atoms with van der Waals surface area (Å²) in [7, 11) is 0. The predicted octanol–water partition coefficient (Wildman–Crippen LogP) is 11.8. The van der Waals surface area contributed by atoms with Gasteiger partial charge < -0.3 is 13.7 Å². The Bertz CT molecular complexity index is 2450. The predicted molar refractivity (Wildman–Crippen MR) is 179 cm³/mol. The smallest absolute Gasteiger partial charge is 0.159 e. The SMILES string of the molecule is c1ccc(N(c2ccc(-c3cccc4c3oc3ccccc34)cc2)c2cccc3c2oc2c4ccccc4ccc32)cc1. The van der Waals surface area contributed by atoms with Crippen LogP contribution in [0.3, 0.4) is 0 Å². The normalized spacial score (nSPS) is 11.7. The van der Waals surface area contributed by atoms with Crippen LogP contribution < -0.4 is 4.90 Å². The van der Waals surface area contributed by atoms with Crippen molar-refractivity contribution < 1.29 is 8.83 Å². The minimum atomic E-state index is 0.869. The van der Waals surface area contributed by atoms with Crippen molar-refractivity contribution in [1.82, 2.24) is 0 Å². The van der Waals surface area contributed by atoms with Crippen LogP contribution in [-0.2, 0) is 0 Å². The first-order valence-electron chi connectivity index (χ1n) is 14.5. The van der Waals surface area contributed by atoms with Crippen LogP contribution in [-0.4, -0.2) is 0 Å². The molecule has 0 saturated heterocycles. The molecule has 0 aliphatic heterocycles. The van der Waals surface area contributed by atoms with Gasteiger partial charge in [-0.25, -0.2) is 0 Å². The van der Waals surface area contributed by atoms with E-state index in [0.29, 0.717) is 0 Å². The highest BCUT2D eigenvalue weighted by molar-refractivity contribution is 6.17. The number of fused-ring (bicyclic) bond motifs is 8. The van der Waals surface area contributed by atoms with Gasteiger partial charge in [-0.2, -0.15) is 0 Å². The summed E-state index contributed by atoms with van der Waals surface area (Å²) in [5.74, 6) is 0. The van der Waals surface area contributed by atoms with Crippen molar-refractivity contribution in [2.24, 2.45) is 0 Å². The van der Waals surface area contributed by atoms with Gasteiger partial charge in [-0.1, -0.05) is 109 Å². The number of benzene rings is 7. The van der Waals surface area contributed by atoms with Crippen LogP contribution in [0.2, 0.25) is 0 Å². The number of furan rings is 2. The lowest BCUT2D eigenvalue weighted by atomic mass is 10.0. The van der Waals surface area contributed by atoms with E-state index < -0.39 is 0 Å². The lowest BCUT2D eigenvalue weighted by molar-refractivity contribution is 0.670. The Hall–Kier alpha value is -5.80. The molecule has 202 valence electrons. The number of anilines is 3. The lowest BCUT2D eigenvalue weighted by Gasteiger charge is -2.25. The molecule has 0 fully saturated rings. The first-order chi connectivity index (χ1) is 21.3. The van der Waals surface area contributed by atoms with Crippen LogP contribution in [0, 0.1) is 0 Å². The van der Waals surface area contributed by atoms with E-state index in [2.05, 4.69) is 138 Å². The van der Waals surface area contributed by atoms with Crippen LogP contribution >= 0.6 is 0 Å². The van der Waals surface area contributed by atoms with Crippen molar-refractivity contribution in [1.29, 1.82) is 0 Å². The second kappa shape index (κ2) is 9.37. The van der Waals surface area contributed by atoms with Crippen LogP contribution in [0.1, 0.15) is 0 Å². The van der Waals surface area contributed by atoms with Crippen molar-refractivity contribution in [2.45, 2.75) is 0 Å². The summed E-state index contributed by atoms with van der Waals surface area (Å²) in [5.41, 5.74) is 8.90. The van der Waals surface area contributed by atoms with Crippen LogP contribution in [0.15, 0.2) is 160 Å². The van der Waals surface area contributed by atoms with Gasteiger partial charge in [0.2, 0.25) is 0 Å². The number of hydrogen-bond donors (Lipinski definition) is 0. The summed E-state index contributed by atoms with van der Waals surface area (Å²) in [5, 5.41) is 6.79. The minimum absolute atomic E-state index is 0.869. The van der Waals surface area contributed by atoms with Crippen molar-refractivity contribution in [3.05, 3.63) is 152 Å². The molecule has 0 amide bonds. The van der Waals surface area contributed by atoms with Gasteiger partial charge in [0.25, 0.3) is 0 Å². The molecule has 43 heavy (non-hydrogen) atoms. The molecular weight excluding hydrogens is 526 g/mol. The minimum Gasteiger partial charge on any atom is -0.455 e. The fraction of sp³-hybridized carbons (Fsp3) is 0. The summed E-state index contributed by atoms with van der Waals surface area (Å²) in [6.07, 6.45) is 0. The molecule has 2 heterocycles. The molecule has 0 radical (unpaired) electrons. The third kappa shape index (κ3) is 3.68. The molecule has 0 spiro atoms. The van der Waals surface area contributed by atoms with Crippen molar-refractivity contribution in [2.75, 3.05) is 4.90 Å². The first kappa shape index (κ1) is 23.9. The largest absolute Gasteiger partial charge is 0.455 e. The molecule has 0 atom stereocenters. The van der Waals surface area contributed by atoms with E-state index in [1.165, 1.54) is 5.39 Å². The summed E-state index contributed by atoms with van der Waals surface area (Å²) < 4.78 is 13.1. The highest BCUT2D eigenvalue weighted by atomic mass is 16.3. The maximum absolute atomic E-state index is 6.74. The maximum atomic E-state index is 6.74. The van der Waals surface area contributed by atoms with Crippen LogP contribution in [0.5, 0.6) is 0 Å². The van der Waals surface area contributed by atoms with Gasteiger partial charge in [0.15, 0.2) is 5.58 Å². The molecule has 2 aromatic heterocycles. The summed E-state index contributed by atoms with van der Waals surface area (Å²) in [6.45, 7) is 0. The highest BCUT2D eigenvalue weighted by Gasteiger charge is 2.20. The Morgan fingerprint density at radius 3 is 1.88 bits per heavy atom. The quantitative estimate of drug-likeness (QED) is 0.218. The van der Waals surface area contributed by atoms with E-state index >= 15 is 0 Å². The molecular formula is C40H25NO2. The number of rotatable bonds is 4. The monoisotopic (exact) mass is 551 g/mol. The van der Waals surface area contributed by atoms with E-state index in [0.717, 1.165) is 77.5 Å². The molecule has 0 N–H and O–H groups in total. The van der Waals surface area contributed by atoms with Crippen LogP contribution in [0.25, 0.3) is 65.8 Å². The molecule has 7 aromatic carbocycles. The molecule has 0 aliphatic carbocycles. The average Bonchev–Trinajstić information content (AvgIpc) is 3.65. The van der Waals surface area contributed by atoms with Gasteiger partial charge >= 0.3 is 0 Å². The van der Waals surface area contributed by atoms with E-state index in [4.69, 9.17) is 8.83 Å². The lowest BCUT2D eigenvalue weighted by Crippen LogP contribution is -2.10. The molecule has 0 saturated carbocycles. The number of hydrogen-bond acceptors (Lipinski definition) is 3. The molecule has 9 aromatic rings. The summed E-state index contributed by atoms with van der Waals surface area (Å²) in [4.78, 5) is 2.28. The Morgan fingerprint density at radius 2 is 1.02 bits per heavy atom. The Balaban J connectivity index is 1.22. The van der Waals surface area contributed by atoms with Gasteiger partial charge in [-0.15, -0.1) is 0 Å². The zero-order valence-electron chi connectivity index (χ0n) is 23.2. The third-order valence-corrected chi connectivity index (χ3v) is 8.46. The molecule has 0 bridgehead atoms. The summed E-state index contributed by atoms with van der Waals surface area (Å²) >= 11 is 0. The zero-order valence-corrected chi connectivity index (χ0v) is 23.2. The zero-order chi connectivity index (χ0) is 28.3. The van der Waals surface area contributed by atoms with Gasteiger partial charge in [0.05, 0.1) is 5.69 Å².